The number of nitrogens with one attached hydrogen (secondary N) is 2. The predicted molar refractivity (Wildman–Crippen MR) is 49.8 cm³/mol. The molecule has 4 heteroatoms. The van der Waals surface area contributed by atoms with Crippen LogP contribution >= 0.6 is 0 Å². The molecule has 0 spiro atoms. The molecule has 0 saturated carbocycles. The second-order valence-corrected chi connectivity index (χ2v) is 3.64. The quantitative estimate of drug-likeness (QED) is 0.664. The zero-order valence-electron chi connectivity index (χ0n) is 7.79. The normalized spacial score (nSPS) is 11.2. The molecule has 1 aromatic heterocycles. The van der Waals surface area contributed by atoms with Gasteiger partial charge in [0.15, 0.2) is 0 Å². The summed E-state index contributed by atoms with van der Waals surface area (Å²) in [5.74, 6) is 0. The van der Waals surface area contributed by atoms with Gasteiger partial charge < -0.3 is 15.4 Å². The fourth-order valence-electron chi connectivity index (χ4n) is 1.14. The Morgan fingerprint density at radius 1 is 1.69 bits per heavy atom. The molecule has 4 nitrogen and oxygen atoms in total. The number of amides is 1. The molecule has 0 aliphatic rings. The van der Waals surface area contributed by atoms with Gasteiger partial charge in [0.25, 0.3) is 0 Å². The molecule has 0 aromatic carbocycles. The molecule has 1 heterocycles. The zero-order valence-corrected chi connectivity index (χ0v) is 7.79. The van der Waals surface area contributed by atoms with Gasteiger partial charge in [-0.15, -0.1) is 0 Å². The maximum absolute atomic E-state index is 10.3. The van der Waals surface area contributed by atoms with Crippen molar-refractivity contribution in [1.29, 1.82) is 0 Å². The van der Waals surface area contributed by atoms with E-state index >= 15 is 0 Å². The lowest BCUT2D eigenvalue weighted by atomic mass is 9.86. The van der Waals surface area contributed by atoms with E-state index in [1.807, 2.05) is 32.3 Å². The van der Waals surface area contributed by atoms with E-state index in [9.17, 15) is 4.79 Å². The number of aromatic amines is 1. The highest BCUT2D eigenvalue weighted by Crippen LogP contribution is 2.21. The second kappa shape index (κ2) is 3.51. The summed E-state index contributed by atoms with van der Waals surface area (Å²) in [6.07, 6.45) is 2.73. The molecule has 0 aliphatic heterocycles. The Labute approximate surface area is 77.0 Å². The lowest BCUT2D eigenvalue weighted by Crippen LogP contribution is -2.35. The smallest absolute Gasteiger partial charge is 0.404 e. The zero-order chi connectivity index (χ0) is 9.90. The number of rotatable bonds is 3. The first-order valence-corrected chi connectivity index (χ1v) is 4.12. The van der Waals surface area contributed by atoms with E-state index in [1.165, 1.54) is 0 Å². The van der Waals surface area contributed by atoms with Crippen LogP contribution in [0.2, 0.25) is 0 Å². The number of aromatic nitrogens is 1. The first kappa shape index (κ1) is 9.64. The van der Waals surface area contributed by atoms with Crippen molar-refractivity contribution in [2.75, 3.05) is 6.54 Å². The van der Waals surface area contributed by atoms with Gasteiger partial charge in [-0.05, 0) is 11.6 Å². The standard InChI is InChI=1S/C9H14N2O2/c1-9(2,6-11-8(12)13)7-3-4-10-5-7/h3-5,10-11H,6H2,1-2H3,(H,12,13). The minimum absolute atomic E-state index is 0.168. The largest absolute Gasteiger partial charge is 0.465 e. The lowest BCUT2D eigenvalue weighted by molar-refractivity contribution is 0.192. The van der Waals surface area contributed by atoms with E-state index in [0.29, 0.717) is 6.54 Å². The van der Waals surface area contributed by atoms with Crippen LogP contribution < -0.4 is 5.32 Å². The fourth-order valence-corrected chi connectivity index (χ4v) is 1.14. The van der Waals surface area contributed by atoms with Crippen LogP contribution in [0.1, 0.15) is 19.4 Å². The molecule has 0 atom stereocenters. The Kier molecular flexibility index (Phi) is 2.60. The maximum Gasteiger partial charge on any atom is 0.404 e. The van der Waals surface area contributed by atoms with Crippen LogP contribution in [0.5, 0.6) is 0 Å². The minimum atomic E-state index is -0.983. The average molecular weight is 182 g/mol. The van der Waals surface area contributed by atoms with Crippen LogP contribution in [-0.2, 0) is 5.41 Å². The average Bonchev–Trinajstić information content (AvgIpc) is 2.53. The minimum Gasteiger partial charge on any atom is -0.465 e. The van der Waals surface area contributed by atoms with Crippen molar-refractivity contribution in [2.24, 2.45) is 0 Å². The van der Waals surface area contributed by atoms with E-state index in [2.05, 4.69) is 10.3 Å². The van der Waals surface area contributed by atoms with Gasteiger partial charge in [0.1, 0.15) is 0 Å². The molecule has 0 saturated heterocycles. The van der Waals surface area contributed by atoms with E-state index < -0.39 is 6.09 Å². The van der Waals surface area contributed by atoms with Gasteiger partial charge in [0, 0.05) is 24.4 Å². The Morgan fingerprint density at radius 2 is 2.38 bits per heavy atom. The summed E-state index contributed by atoms with van der Waals surface area (Å²) in [5.41, 5.74) is 0.930. The first-order chi connectivity index (χ1) is 6.02. The van der Waals surface area contributed by atoms with Gasteiger partial charge in [-0.3, -0.25) is 0 Å². The number of H-pyrrole nitrogens is 1. The Morgan fingerprint density at radius 3 is 2.85 bits per heavy atom. The van der Waals surface area contributed by atoms with Gasteiger partial charge in [0.05, 0.1) is 0 Å². The highest BCUT2D eigenvalue weighted by Gasteiger charge is 2.21. The second-order valence-electron chi connectivity index (χ2n) is 3.64. The number of carboxylic acid groups (broad SMARTS) is 1. The summed E-state index contributed by atoms with van der Waals surface area (Å²) in [5, 5.41) is 10.8. The molecule has 3 N–H and O–H groups in total. The van der Waals surface area contributed by atoms with Gasteiger partial charge in [-0.1, -0.05) is 13.8 Å². The molecule has 13 heavy (non-hydrogen) atoms. The molecule has 1 amide bonds. The molecule has 0 aliphatic carbocycles. The first-order valence-electron chi connectivity index (χ1n) is 4.12. The van der Waals surface area contributed by atoms with Crippen molar-refractivity contribution in [2.45, 2.75) is 19.3 Å². The van der Waals surface area contributed by atoms with E-state index in [4.69, 9.17) is 5.11 Å². The van der Waals surface area contributed by atoms with Crippen molar-refractivity contribution >= 4 is 6.09 Å². The third-order valence-electron chi connectivity index (χ3n) is 2.06. The van der Waals surface area contributed by atoms with Crippen molar-refractivity contribution in [3.63, 3.8) is 0 Å². The van der Waals surface area contributed by atoms with Crippen LogP contribution in [0.4, 0.5) is 4.79 Å². The van der Waals surface area contributed by atoms with Crippen molar-refractivity contribution < 1.29 is 9.90 Å². The lowest BCUT2D eigenvalue weighted by Gasteiger charge is -2.22. The van der Waals surface area contributed by atoms with E-state index in [0.717, 1.165) is 5.56 Å². The van der Waals surface area contributed by atoms with E-state index in [1.54, 1.807) is 0 Å². The summed E-state index contributed by atoms with van der Waals surface area (Å²) in [6, 6.07) is 1.95. The Hall–Kier alpha value is -1.45. The number of hydrogen-bond acceptors (Lipinski definition) is 1. The van der Waals surface area contributed by atoms with Gasteiger partial charge in [0.2, 0.25) is 0 Å². The van der Waals surface area contributed by atoms with E-state index in [-0.39, 0.29) is 5.41 Å². The molecule has 72 valence electrons. The molecule has 0 unspecified atom stereocenters. The molecular weight excluding hydrogens is 168 g/mol. The third-order valence-corrected chi connectivity index (χ3v) is 2.06. The summed E-state index contributed by atoms with van der Waals surface area (Å²) in [6.45, 7) is 4.40. The highest BCUT2D eigenvalue weighted by atomic mass is 16.4. The van der Waals surface area contributed by atoms with Crippen molar-refractivity contribution in [3.8, 4) is 0 Å². The molecular formula is C9H14N2O2. The van der Waals surface area contributed by atoms with Crippen LogP contribution in [0.3, 0.4) is 0 Å². The number of hydrogen-bond donors (Lipinski definition) is 3. The monoisotopic (exact) mass is 182 g/mol. The highest BCUT2D eigenvalue weighted by molar-refractivity contribution is 5.64. The van der Waals surface area contributed by atoms with Crippen molar-refractivity contribution in [3.05, 3.63) is 24.0 Å². The van der Waals surface area contributed by atoms with Crippen LogP contribution in [0.15, 0.2) is 18.5 Å². The van der Waals surface area contributed by atoms with Crippen LogP contribution in [0.25, 0.3) is 0 Å². The predicted octanol–water partition coefficient (Wildman–Crippen LogP) is 1.56. The maximum atomic E-state index is 10.3. The summed E-state index contributed by atoms with van der Waals surface area (Å²) in [4.78, 5) is 13.2. The topological polar surface area (TPSA) is 65.1 Å². The summed E-state index contributed by atoms with van der Waals surface area (Å²) >= 11 is 0. The van der Waals surface area contributed by atoms with Gasteiger partial charge in [-0.2, -0.15) is 0 Å². The summed E-state index contributed by atoms with van der Waals surface area (Å²) < 4.78 is 0. The van der Waals surface area contributed by atoms with Crippen LogP contribution in [0, 0.1) is 0 Å². The van der Waals surface area contributed by atoms with Crippen LogP contribution in [-0.4, -0.2) is 22.7 Å². The molecule has 1 aromatic rings. The molecule has 0 fully saturated rings. The SMILES string of the molecule is CC(C)(CNC(=O)O)c1cc[nH]c1. The molecule has 0 radical (unpaired) electrons. The number of carbonyl (C=O) groups is 1. The fraction of sp³-hybridized carbons (Fsp3) is 0.444. The summed E-state index contributed by atoms with van der Waals surface area (Å²) in [7, 11) is 0. The molecule has 1 rings (SSSR count). The van der Waals surface area contributed by atoms with Gasteiger partial charge in [-0.25, -0.2) is 4.79 Å². The van der Waals surface area contributed by atoms with Crippen molar-refractivity contribution in [1.82, 2.24) is 10.3 Å². The van der Waals surface area contributed by atoms with Gasteiger partial charge >= 0.3 is 6.09 Å². The Balaban J connectivity index is 2.61. The Bertz CT molecular complexity index is 278. The molecule has 0 bridgehead atoms. The third kappa shape index (κ3) is 2.50.